The van der Waals surface area contributed by atoms with Crippen molar-refractivity contribution in [1.29, 1.82) is 0 Å². The molecule has 114 valence electrons. The Labute approximate surface area is 130 Å². The first-order valence-electron chi connectivity index (χ1n) is 8.24. The van der Waals surface area contributed by atoms with Crippen molar-refractivity contribution in [2.75, 3.05) is 19.6 Å². The molecule has 4 aliphatic rings. The highest BCUT2D eigenvalue weighted by Crippen LogP contribution is 2.52. The van der Waals surface area contributed by atoms with E-state index in [2.05, 4.69) is 52.0 Å². The number of fused-ring (bicyclic) bond motifs is 3. The molecule has 6 rings (SSSR count). The molecule has 1 spiro atoms. The zero-order valence-electron chi connectivity index (χ0n) is 12.9. The summed E-state index contributed by atoms with van der Waals surface area (Å²) in [7, 11) is 2.14. The average Bonchev–Trinajstić information content (AvgIpc) is 3.16. The van der Waals surface area contributed by atoms with E-state index in [1.807, 2.05) is 0 Å². The zero-order chi connectivity index (χ0) is 14.7. The maximum absolute atomic E-state index is 6.20. The second kappa shape index (κ2) is 4.35. The highest BCUT2D eigenvalue weighted by Gasteiger charge is 2.57. The number of benzene rings is 1. The van der Waals surface area contributed by atoms with Gasteiger partial charge in [-0.25, -0.2) is 0 Å². The second-order valence-corrected chi connectivity index (χ2v) is 6.94. The lowest BCUT2D eigenvalue weighted by atomic mass is 9.68. The van der Waals surface area contributed by atoms with Crippen LogP contribution in [0.15, 0.2) is 35.5 Å². The summed E-state index contributed by atoms with van der Waals surface area (Å²) in [5.74, 6) is 0.629. The number of aryl methyl sites for hydroxylation is 1. The van der Waals surface area contributed by atoms with Crippen LogP contribution in [-0.4, -0.2) is 41.1 Å². The van der Waals surface area contributed by atoms with Gasteiger partial charge < -0.3 is 9.30 Å². The molecule has 22 heavy (non-hydrogen) atoms. The predicted octanol–water partition coefficient (Wildman–Crippen LogP) is 2.74. The van der Waals surface area contributed by atoms with Crippen LogP contribution in [-0.2, 0) is 11.8 Å². The van der Waals surface area contributed by atoms with Crippen LogP contribution < -0.4 is 0 Å². The molecule has 2 aromatic rings. The summed E-state index contributed by atoms with van der Waals surface area (Å²) < 4.78 is 8.45. The molecule has 0 saturated carbocycles. The number of piperidine rings is 3. The topological polar surface area (TPSA) is 29.8 Å². The Morgan fingerprint density at radius 3 is 2.82 bits per heavy atom. The number of rotatable bonds is 1. The average molecular weight is 295 g/mol. The molecule has 0 amide bonds. The fourth-order valence-electron chi connectivity index (χ4n) is 4.96. The van der Waals surface area contributed by atoms with E-state index in [0.717, 1.165) is 6.54 Å². The quantitative estimate of drug-likeness (QED) is 0.809. The second-order valence-electron chi connectivity index (χ2n) is 6.94. The molecule has 5 heterocycles. The van der Waals surface area contributed by atoms with Crippen molar-refractivity contribution in [3.63, 3.8) is 0 Å². The van der Waals surface area contributed by atoms with Gasteiger partial charge in [-0.3, -0.25) is 9.89 Å². The number of aliphatic imine (C=N–C) groups is 1. The van der Waals surface area contributed by atoms with Gasteiger partial charge in [0.15, 0.2) is 12.0 Å². The summed E-state index contributed by atoms with van der Waals surface area (Å²) in [4.78, 5) is 7.08. The van der Waals surface area contributed by atoms with Crippen molar-refractivity contribution in [2.24, 2.45) is 18.0 Å². The van der Waals surface area contributed by atoms with Crippen LogP contribution in [0.5, 0.6) is 0 Å². The third kappa shape index (κ3) is 1.48. The Morgan fingerprint density at radius 1 is 1.23 bits per heavy atom. The van der Waals surface area contributed by atoms with Gasteiger partial charge in [-0.1, -0.05) is 18.2 Å². The lowest BCUT2D eigenvalue weighted by Crippen LogP contribution is -2.62. The summed E-state index contributed by atoms with van der Waals surface area (Å²) in [6.45, 7) is 3.18. The van der Waals surface area contributed by atoms with Crippen LogP contribution in [0.4, 0.5) is 0 Å². The summed E-state index contributed by atoms with van der Waals surface area (Å²) in [5.41, 5.74) is 2.57. The van der Waals surface area contributed by atoms with Crippen LogP contribution in [0, 0.1) is 5.92 Å². The minimum Gasteiger partial charge on any atom is -0.473 e. The van der Waals surface area contributed by atoms with Crippen molar-refractivity contribution in [3.8, 4) is 0 Å². The van der Waals surface area contributed by atoms with Gasteiger partial charge in [-0.05, 0) is 37.6 Å². The number of nitrogens with zero attached hydrogens (tertiary/aromatic N) is 3. The highest BCUT2D eigenvalue weighted by molar-refractivity contribution is 5.84. The van der Waals surface area contributed by atoms with Crippen LogP contribution >= 0.6 is 0 Å². The summed E-state index contributed by atoms with van der Waals surface area (Å²) in [6.07, 6.45) is 6.48. The molecule has 3 saturated heterocycles. The molecule has 1 aromatic heterocycles. The van der Waals surface area contributed by atoms with E-state index >= 15 is 0 Å². The van der Waals surface area contributed by atoms with E-state index in [4.69, 9.17) is 4.74 Å². The number of hydrogen-bond acceptors (Lipinski definition) is 3. The number of hydrogen-bond donors (Lipinski definition) is 0. The van der Waals surface area contributed by atoms with Gasteiger partial charge in [-0.15, -0.1) is 0 Å². The summed E-state index contributed by atoms with van der Waals surface area (Å²) >= 11 is 0. The number of ether oxygens (including phenoxy) is 1. The van der Waals surface area contributed by atoms with Crippen molar-refractivity contribution in [3.05, 3.63) is 36.0 Å². The normalized spacial score (nSPS) is 36.3. The first kappa shape index (κ1) is 12.7. The maximum atomic E-state index is 6.20. The molecule has 0 N–H and O–H groups in total. The van der Waals surface area contributed by atoms with Crippen LogP contribution in [0.25, 0.3) is 10.9 Å². The lowest BCUT2D eigenvalue weighted by Gasteiger charge is -2.55. The van der Waals surface area contributed by atoms with Gasteiger partial charge in [-0.2, -0.15) is 0 Å². The Morgan fingerprint density at radius 2 is 2.05 bits per heavy atom. The van der Waals surface area contributed by atoms with Crippen LogP contribution in [0.2, 0.25) is 0 Å². The van der Waals surface area contributed by atoms with Crippen LogP contribution in [0.1, 0.15) is 24.4 Å². The van der Waals surface area contributed by atoms with Gasteiger partial charge in [0.25, 0.3) is 0 Å². The molecule has 4 nitrogen and oxygen atoms in total. The Bertz CT molecular complexity index is 747. The van der Waals surface area contributed by atoms with Crippen molar-refractivity contribution in [2.45, 2.75) is 24.5 Å². The SMILES string of the molecule is Cn1cc(C2N3CCC(CC3)C23CN=CO3)c2ccccc21. The molecular weight excluding hydrogens is 274 g/mol. The number of aromatic nitrogens is 1. The fourth-order valence-corrected chi connectivity index (χ4v) is 4.96. The van der Waals surface area contributed by atoms with Crippen molar-refractivity contribution in [1.82, 2.24) is 9.47 Å². The Balaban J connectivity index is 1.71. The fraction of sp³-hybridized carbons (Fsp3) is 0.500. The molecule has 4 heteroatoms. The third-order valence-corrected chi connectivity index (χ3v) is 5.96. The van der Waals surface area contributed by atoms with E-state index in [1.165, 1.54) is 42.4 Å². The van der Waals surface area contributed by atoms with Crippen LogP contribution in [0.3, 0.4) is 0 Å². The molecule has 3 fully saturated rings. The van der Waals surface area contributed by atoms with E-state index in [9.17, 15) is 0 Å². The standard InChI is InChI=1S/C18H21N3O/c1-20-10-15(14-4-2-3-5-16(14)20)17-18(11-19-12-22-18)13-6-8-21(17)9-7-13/h2-5,10,12-13,17H,6-9,11H2,1H3. The van der Waals surface area contributed by atoms with Gasteiger partial charge in [0.1, 0.15) is 0 Å². The van der Waals surface area contributed by atoms with Gasteiger partial charge in [0, 0.05) is 30.1 Å². The first-order valence-corrected chi connectivity index (χ1v) is 8.24. The maximum Gasteiger partial charge on any atom is 0.170 e. The van der Waals surface area contributed by atoms with E-state index in [1.54, 1.807) is 6.40 Å². The van der Waals surface area contributed by atoms with E-state index in [0.29, 0.717) is 12.0 Å². The highest BCUT2D eigenvalue weighted by atomic mass is 16.5. The van der Waals surface area contributed by atoms with Crippen molar-refractivity contribution < 1.29 is 4.74 Å². The molecule has 0 aliphatic carbocycles. The minimum absolute atomic E-state index is 0.138. The van der Waals surface area contributed by atoms with Gasteiger partial charge in [0.2, 0.25) is 0 Å². The third-order valence-electron chi connectivity index (χ3n) is 5.96. The Kier molecular flexibility index (Phi) is 2.51. The van der Waals surface area contributed by atoms with E-state index < -0.39 is 0 Å². The van der Waals surface area contributed by atoms with Gasteiger partial charge >= 0.3 is 0 Å². The van der Waals surface area contributed by atoms with Gasteiger partial charge in [0.05, 0.1) is 12.6 Å². The summed E-state index contributed by atoms with van der Waals surface area (Å²) in [6, 6.07) is 9.03. The number of para-hydroxylation sites is 1. The zero-order valence-corrected chi connectivity index (χ0v) is 12.9. The monoisotopic (exact) mass is 295 g/mol. The Hall–Kier alpha value is -1.81. The predicted molar refractivity (Wildman–Crippen MR) is 87.1 cm³/mol. The first-order chi connectivity index (χ1) is 10.8. The summed E-state index contributed by atoms with van der Waals surface area (Å²) in [5, 5.41) is 1.36. The lowest BCUT2D eigenvalue weighted by molar-refractivity contribution is -0.129. The minimum atomic E-state index is -0.138. The largest absolute Gasteiger partial charge is 0.473 e. The smallest absolute Gasteiger partial charge is 0.170 e. The molecule has 1 aromatic carbocycles. The molecule has 2 bridgehead atoms. The van der Waals surface area contributed by atoms with E-state index in [-0.39, 0.29) is 5.60 Å². The molecule has 0 radical (unpaired) electrons. The molecule has 4 aliphatic heterocycles. The molecule has 2 atom stereocenters. The molecular formula is C18H21N3O. The van der Waals surface area contributed by atoms with Crippen molar-refractivity contribution >= 4 is 17.3 Å². The molecule has 2 unspecified atom stereocenters.